The van der Waals surface area contributed by atoms with Crippen molar-refractivity contribution in [1.29, 1.82) is 0 Å². The smallest absolute Gasteiger partial charge is 0.399 e. The summed E-state index contributed by atoms with van der Waals surface area (Å²) in [5.41, 5.74) is 6.98. The summed E-state index contributed by atoms with van der Waals surface area (Å²) in [7, 11) is 3.82. The van der Waals surface area contributed by atoms with E-state index in [0.29, 0.717) is 30.9 Å². The lowest BCUT2D eigenvalue weighted by molar-refractivity contribution is -0.121. The Hall–Kier alpha value is -5.34. The van der Waals surface area contributed by atoms with Gasteiger partial charge in [0.25, 0.3) is 0 Å². The van der Waals surface area contributed by atoms with Crippen LogP contribution in [0.4, 0.5) is 11.6 Å². The number of rotatable bonds is 14. The second-order valence-electron chi connectivity index (χ2n) is 25.2. The van der Waals surface area contributed by atoms with E-state index in [-0.39, 0.29) is 64.4 Å². The summed E-state index contributed by atoms with van der Waals surface area (Å²) in [6.45, 7) is 29.0. The zero-order valence-corrected chi connectivity index (χ0v) is 53.8. The monoisotopic (exact) mass is 1210 g/mol. The van der Waals surface area contributed by atoms with Crippen LogP contribution in [-0.2, 0) is 42.6 Å². The van der Waals surface area contributed by atoms with Crippen molar-refractivity contribution in [3.05, 3.63) is 132 Å². The number of nitrogens with zero attached hydrogens (tertiary/aromatic N) is 6. The van der Waals surface area contributed by atoms with E-state index in [0.717, 1.165) is 116 Å². The summed E-state index contributed by atoms with van der Waals surface area (Å²) >= 11 is 6.37. The van der Waals surface area contributed by atoms with Gasteiger partial charge in [-0.25, -0.2) is 19.9 Å². The second kappa shape index (κ2) is 27.6. The quantitative estimate of drug-likeness (QED) is 0.0783. The number of nitrogens with one attached hydrogen (secondary N) is 2. The lowest BCUT2D eigenvalue weighted by Gasteiger charge is -2.32. The Kier molecular flexibility index (Phi) is 21.6. The molecule has 6 aromatic rings. The fourth-order valence-corrected chi connectivity index (χ4v) is 11.9. The minimum atomic E-state index is -0.359. The molecule has 3 fully saturated rings. The molecule has 82 heavy (non-hydrogen) atoms. The highest BCUT2D eigenvalue weighted by atomic mass is 79.9. The number of ketones is 2. The molecule has 3 aliphatic heterocycles. The average molecular weight is 1220 g/mol. The number of Topliss-reactive ketones (excluding diaryl/α,β-unsaturated/α-hetero) is 2. The van der Waals surface area contributed by atoms with Crippen LogP contribution in [0.5, 0.6) is 0 Å². The van der Waals surface area contributed by atoms with Gasteiger partial charge in [-0.2, -0.15) is 0 Å². The molecule has 0 atom stereocenters. The maximum atomic E-state index is 12.7. The van der Waals surface area contributed by atoms with E-state index >= 15 is 0 Å². The van der Waals surface area contributed by atoms with E-state index in [4.69, 9.17) is 9.31 Å². The maximum Gasteiger partial charge on any atom is 0.494 e. The van der Waals surface area contributed by atoms with E-state index < -0.39 is 0 Å². The predicted octanol–water partition coefficient (Wildman–Crippen LogP) is 12.9. The number of amides is 2. The lowest BCUT2D eigenvalue weighted by Crippen LogP contribution is -2.41. The van der Waals surface area contributed by atoms with Crippen LogP contribution in [0.15, 0.2) is 89.9 Å². The van der Waals surface area contributed by atoms with Gasteiger partial charge in [-0.05, 0) is 183 Å². The number of piperidine rings is 2. The Balaban J connectivity index is 0.000000188. The van der Waals surface area contributed by atoms with Crippen LogP contribution in [0.3, 0.4) is 0 Å². The van der Waals surface area contributed by atoms with Crippen molar-refractivity contribution in [3.8, 4) is 11.1 Å². The van der Waals surface area contributed by atoms with Gasteiger partial charge in [-0.15, -0.1) is 22.7 Å². The molecule has 7 heterocycles. The molecule has 18 heteroatoms. The number of carbonyl (C=O) groups is 4. The van der Waals surface area contributed by atoms with E-state index in [9.17, 15) is 19.2 Å². The first kappa shape index (κ1) is 64.2. The van der Waals surface area contributed by atoms with Crippen LogP contribution in [0, 0.1) is 25.7 Å². The zero-order valence-electron chi connectivity index (χ0n) is 50.6. The van der Waals surface area contributed by atoms with Crippen molar-refractivity contribution >= 4 is 86.2 Å². The topological polar surface area (TPSA) is 169 Å². The molecule has 2 aromatic carbocycles. The van der Waals surface area contributed by atoms with Gasteiger partial charge < -0.3 is 29.7 Å². The van der Waals surface area contributed by atoms with Crippen molar-refractivity contribution < 1.29 is 28.5 Å². The minimum absolute atomic E-state index is 0.0247. The molecule has 0 saturated carbocycles. The number of benzene rings is 2. The molecule has 0 bridgehead atoms. The van der Waals surface area contributed by atoms with Crippen LogP contribution in [0.2, 0.25) is 0 Å². The summed E-state index contributed by atoms with van der Waals surface area (Å²) in [6.07, 6.45) is 12.8. The molecule has 0 aliphatic carbocycles. The Morgan fingerprint density at radius 2 is 1.04 bits per heavy atom. The van der Waals surface area contributed by atoms with Gasteiger partial charge in [0.1, 0.15) is 11.6 Å². The molecule has 3 saturated heterocycles. The summed E-state index contributed by atoms with van der Waals surface area (Å²) in [5.74, 6) is 1.81. The number of hydrogen-bond donors (Lipinski definition) is 2. The Morgan fingerprint density at radius 3 is 1.46 bits per heavy atom. The van der Waals surface area contributed by atoms with Crippen molar-refractivity contribution in [1.82, 2.24) is 29.7 Å². The van der Waals surface area contributed by atoms with Crippen molar-refractivity contribution in [2.75, 3.05) is 50.9 Å². The van der Waals surface area contributed by atoms with Crippen molar-refractivity contribution in [2.45, 2.75) is 156 Å². The molecule has 0 radical (unpaired) electrons. The number of carbonyl (C=O) groups excluding carboxylic acids is 4. The van der Waals surface area contributed by atoms with E-state index in [1.54, 1.807) is 24.8 Å². The van der Waals surface area contributed by atoms with E-state index in [1.165, 1.54) is 28.2 Å². The van der Waals surface area contributed by atoms with Gasteiger partial charge in [0.05, 0.1) is 31.0 Å². The summed E-state index contributed by atoms with van der Waals surface area (Å²) < 4.78 is 13.2. The van der Waals surface area contributed by atoms with Crippen molar-refractivity contribution in [3.63, 3.8) is 0 Å². The fourth-order valence-electron chi connectivity index (χ4n) is 9.67. The number of aryl methyl sites for hydroxylation is 4. The summed E-state index contributed by atoms with van der Waals surface area (Å²) in [4.78, 5) is 73.4. The molecule has 0 unspecified atom stereocenters. The predicted molar refractivity (Wildman–Crippen MR) is 338 cm³/mol. The third-order valence-electron chi connectivity index (χ3n) is 15.8. The first-order valence-electron chi connectivity index (χ1n) is 28.7. The summed E-state index contributed by atoms with van der Waals surface area (Å²) in [6, 6.07) is 20.1. The normalized spacial score (nSPS) is 16.8. The van der Waals surface area contributed by atoms with Crippen LogP contribution < -0.4 is 16.1 Å². The third-order valence-corrected chi connectivity index (χ3v) is 19.2. The van der Waals surface area contributed by atoms with Crippen molar-refractivity contribution in [2.24, 2.45) is 11.8 Å². The summed E-state index contributed by atoms with van der Waals surface area (Å²) in [5, 5.41) is 7.88. The molecule has 14 nitrogen and oxygen atoms in total. The Bertz CT molecular complexity index is 3170. The van der Waals surface area contributed by atoms with Gasteiger partial charge in [0.15, 0.2) is 11.6 Å². The Labute approximate surface area is 503 Å². The van der Waals surface area contributed by atoms with Gasteiger partial charge >= 0.3 is 7.12 Å². The van der Waals surface area contributed by atoms with Gasteiger partial charge in [-0.3, -0.25) is 19.2 Å². The van der Waals surface area contributed by atoms with E-state index in [2.05, 4.69) is 190 Å². The molecule has 3 aliphatic rings. The van der Waals surface area contributed by atoms with Gasteiger partial charge in [0.2, 0.25) is 11.8 Å². The third kappa shape index (κ3) is 17.6. The fraction of sp³-hybridized carbons (Fsp3) is 0.500. The number of likely N-dealkylation sites (tertiary alicyclic amines) is 2. The van der Waals surface area contributed by atoms with Crippen LogP contribution >= 0.6 is 38.6 Å². The molecule has 4 aromatic heterocycles. The zero-order chi connectivity index (χ0) is 59.7. The number of anilines is 2. The Morgan fingerprint density at radius 1 is 0.610 bits per heavy atom. The maximum absolute atomic E-state index is 12.7. The number of thiazole rings is 2. The highest BCUT2D eigenvalue weighted by Gasteiger charge is 2.51. The number of halogens is 1. The molecule has 438 valence electrons. The molecule has 9 rings (SSSR count). The van der Waals surface area contributed by atoms with E-state index in [1.807, 2.05) is 24.3 Å². The molecular formula is C64H84BBrN8O6S2. The van der Waals surface area contributed by atoms with Crippen LogP contribution in [0.1, 0.15) is 159 Å². The second-order valence-corrected chi connectivity index (χ2v) is 28.2. The molecule has 2 N–H and O–H groups in total. The highest BCUT2D eigenvalue weighted by molar-refractivity contribution is 9.10. The first-order chi connectivity index (χ1) is 38.5. The largest absolute Gasteiger partial charge is 0.494 e. The van der Waals surface area contributed by atoms with Gasteiger partial charge in [0, 0.05) is 64.8 Å². The van der Waals surface area contributed by atoms with Gasteiger partial charge in [-0.1, -0.05) is 93.9 Å². The minimum Gasteiger partial charge on any atom is -0.399 e. The highest BCUT2D eigenvalue weighted by Crippen LogP contribution is 2.37. The average Bonchev–Trinajstić information content (AvgIpc) is 4.28. The number of pyridine rings is 2. The lowest BCUT2D eigenvalue weighted by atomic mass is 9.77. The first-order valence-corrected chi connectivity index (χ1v) is 31.1. The van der Waals surface area contributed by atoms with Crippen LogP contribution in [-0.4, -0.2) is 112 Å². The number of hydrogen-bond acceptors (Lipinski definition) is 14. The molecular weight excluding hydrogens is 1130 g/mol. The molecule has 2 amide bonds. The molecule has 0 spiro atoms. The standard InChI is InChI=1S/C29H36N4O2S.C23H32BNO3S.C12H16BrN3O/c1-19-16-22(7-6-20(19)8-9-24(34)25-18-31-28(36-25)29(2,3)4)23-10-13-30-26(17-23)32-27(35)21-11-14-33(5)15-12-21;1-15-13-17(24-27-22(5,6)23(7,8)28-24)11-9-16(15)10-12-18(26)19-14-25-20(29-19)21(2,3)4;1-16-6-3-9(4-7-16)12(17)15-11-8-10(13)2-5-14-11/h6-7,10,13,16-18,21H,8-9,11-12,14-15H2,1-5H3,(H,30,32,35);9,11,13-14H,10,12H2,1-8H3;2,5,8-9H,3-4,6-7H2,1H3,(H,14,15,17). The number of aromatic nitrogens is 4. The van der Waals surface area contributed by atoms with Crippen LogP contribution in [0.25, 0.3) is 11.1 Å². The SMILES string of the molecule is CN1CCC(C(=O)Nc2cc(Br)ccn2)CC1.Cc1cc(-c2ccnc(NC(=O)C3CCN(C)CC3)c2)ccc1CCC(=O)c1cnc(C(C)(C)C)s1.Cc1cc(B2OC(C)(C)C(C)(C)O2)ccc1CCC(=O)c1cnc(C(C)(C)C)s1.